The van der Waals surface area contributed by atoms with Crippen LogP contribution in [0, 0.1) is 14.9 Å². The molecule has 122 valence electrons. The third-order valence-corrected chi connectivity index (χ3v) is 6.27. The number of methoxy groups -OCH3 is 1. The van der Waals surface area contributed by atoms with Crippen molar-refractivity contribution in [1.29, 1.82) is 5.26 Å². The first kappa shape index (κ1) is 17.6. The average molecular weight is 515 g/mol. The van der Waals surface area contributed by atoms with Crippen molar-refractivity contribution >= 4 is 61.9 Å². The molecule has 0 aromatic heterocycles. The van der Waals surface area contributed by atoms with Crippen molar-refractivity contribution in [3.05, 3.63) is 49.5 Å². The maximum atomic E-state index is 13.1. The van der Waals surface area contributed by atoms with E-state index in [2.05, 4.69) is 44.6 Å². The van der Waals surface area contributed by atoms with Crippen molar-refractivity contribution in [2.45, 2.75) is 4.90 Å². The van der Waals surface area contributed by atoms with Crippen LogP contribution in [0.4, 0.5) is 5.69 Å². The van der Waals surface area contributed by atoms with Crippen LogP contribution in [-0.2, 0) is 0 Å². The van der Waals surface area contributed by atoms with Crippen LogP contribution >= 0.6 is 50.3 Å². The molecule has 7 heteroatoms. The molecule has 24 heavy (non-hydrogen) atoms. The van der Waals surface area contributed by atoms with Gasteiger partial charge in [-0.3, -0.25) is 4.79 Å². The number of carbonyl (C=O) groups is 1. The van der Waals surface area contributed by atoms with E-state index in [0.717, 1.165) is 20.8 Å². The molecule has 0 unspecified atom stereocenters. The summed E-state index contributed by atoms with van der Waals surface area (Å²) in [5.74, 6) is 1.22. The lowest BCUT2D eigenvalue weighted by Crippen LogP contribution is -2.36. The number of anilines is 1. The van der Waals surface area contributed by atoms with Gasteiger partial charge in [0.2, 0.25) is 0 Å². The minimum atomic E-state index is -0.0777. The van der Waals surface area contributed by atoms with Crippen molar-refractivity contribution in [3.8, 4) is 11.8 Å². The highest BCUT2D eigenvalue weighted by Gasteiger charge is 2.27. The summed E-state index contributed by atoms with van der Waals surface area (Å²) in [4.78, 5) is 16.0. The van der Waals surface area contributed by atoms with Gasteiger partial charge >= 0.3 is 0 Å². The molecule has 0 N–H and O–H groups in total. The van der Waals surface area contributed by atoms with E-state index in [1.54, 1.807) is 28.8 Å². The molecule has 0 bridgehead atoms. The van der Waals surface area contributed by atoms with Gasteiger partial charge in [-0.2, -0.15) is 5.26 Å². The fraction of sp³-hybridized carbons (Fsp3) is 0.176. The highest BCUT2D eigenvalue weighted by atomic mass is 127. The monoisotopic (exact) mass is 514 g/mol. The Labute approximate surface area is 166 Å². The molecule has 0 saturated carbocycles. The third kappa shape index (κ3) is 3.15. The Kier molecular flexibility index (Phi) is 5.37. The molecule has 0 spiro atoms. The number of amides is 1. The van der Waals surface area contributed by atoms with Gasteiger partial charge in [0.05, 0.1) is 27.5 Å². The normalized spacial score (nSPS) is 13.2. The van der Waals surface area contributed by atoms with Gasteiger partial charge < -0.3 is 9.64 Å². The molecule has 3 rings (SSSR count). The van der Waals surface area contributed by atoms with Gasteiger partial charge in [0.1, 0.15) is 6.07 Å². The summed E-state index contributed by atoms with van der Waals surface area (Å²) in [7, 11) is 1.51. The zero-order valence-electron chi connectivity index (χ0n) is 12.7. The molecule has 2 aromatic rings. The fourth-order valence-electron chi connectivity index (χ4n) is 2.56. The zero-order valence-corrected chi connectivity index (χ0v) is 17.2. The molecule has 1 amide bonds. The van der Waals surface area contributed by atoms with Crippen molar-refractivity contribution in [3.63, 3.8) is 0 Å². The van der Waals surface area contributed by atoms with Crippen LogP contribution in [0.2, 0.25) is 0 Å². The summed E-state index contributed by atoms with van der Waals surface area (Å²) in [5.41, 5.74) is 1.89. The number of fused-ring (bicyclic) bond motifs is 1. The average Bonchev–Trinajstić information content (AvgIpc) is 2.59. The Bertz CT molecular complexity index is 866. The molecular formula is C17H12BrIN2O2S. The smallest absolute Gasteiger partial charge is 0.259 e. The second kappa shape index (κ2) is 7.33. The number of hydrogen-bond acceptors (Lipinski definition) is 4. The van der Waals surface area contributed by atoms with Gasteiger partial charge in [0, 0.05) is 21.7 Å². The summed E-state index contributed by atoms with van der Waals surface area (Å²) in [6, 6.07) is 11.4. The summed E-state index contributed by atoms with van der Waals surface area (Å²) in [6.07, 6.45) is 0. The van der Waals surface area contributed by atoms with Gasteiger partial charge in [0.25, 0.3) is 5.91 Å². The Morgan fingerprint density at radius 1 is 1.42 bits per heavy atom. The highest BCUT2D eigenvalue weighted by molar-refractivity contribution is 14.1. The van der Waals surface area contributed by atoms with E-state index >= 15 is 0 Å². The molecule has 0 fully saturated rings. The van der Waals surface area contributed by atoms with Crippen LogP contribution in [0.25, 0.3) is 0 Å². The number of benzene rings is 2. The lowest BCUT2D eigenvalue weighted by molar-refractivity contribution is 0.0986. The van der Waals surface area contributed by atoms with Gasteiger partial charge in [-0.05, 0) is 52.9 Å². The number of nitriles is 1. The SMILES string of the molecule is COc1c(C#N)ccc(C(=O)N2CCSc3cc(Br)ccc32)c1I. The van der Waals surface area contributed by atoms with E-state index in [0.29, 0.717) is 27.0 Å². The second-order valence-corrected chi connectivity index (χ2v) is 8.17. The lowest BCUT2D eigenvalue weighted by atomic mass is 10.1. The summed E-state index contributed by atoms with van der Waals surface area (Å²) >= 11 is 7.29. The largest absolute Gasteiger partial charge is 0.494 e. The number of carbonyl (C=O) groups excluding carboxylic acids is 1. The molecule has 1 heterocycles. The Morgan fingerprint density at radius 3 is 2.92 bits per heavy atom. The minimum Gasteiger partial charge on any atom is -0.494 e. The van der Waals surface area contributed by atoms with Crippen molar-refractivity contribution < 1.29 is 9.53 Å². The van der Waals surface area contributed by atoms with Crippen LogP contribution in [0.15, 0.2) is 39.7 Å². The Balaban J connectivity index is 2.04. The Morgan fingerprint density at radius 2 is 2.21 bits per heavy atom. The second-order valence-electron chi connectivity index (χ2n) is 5.04. The molecule has 0 atom stereocenters. The topological polar surface area (TPSA) is 53.3 Å². The predicted molar refractivity (Wildman–Crippen MR) is 107 cm³/mol. The molecule has 1 aliphatic rings. The van der Waals surface area contributed by atoms with E-state index in [4.69, 9.17) is 4.74 Å². The molecule has 4 nitrogen and oxygen atoms in total. The number of nitrogens with zero attached hydrogens (tertiary/aromatic N) is 2. The minimum absolute atomic E-state index is 0.0777. The zero-order chi connectivity index (χ0) is 17.3. The van der Waals surface area contributed by atoms with Crippen LogP contribution in [0.5, 0.6) is 5.75 Å². The quantitative estimate of drug-likeness (QED) is 0.546. The van der Waals surface area contributed by atoms with Gasteiger partial charge in [0.15, 0.2) is 5.75 Å². The molecule has 0 radical (unpaired) electrons. The van der Waals surface area contributed by atoms with Crippen LogP contribution < -0.4 is 9.64 Å². The van der Waals surface area contributed by atoms with Crippen LogP contribution in [0.3, 0.4) is 0 Å². The van der Waals surface area contributed by atoms with Crippen LogP contribution in [-0.4, -0.2) is 25.3 Å². The first-order valence-electron chi connectivity index (χ1n) is 7.07. The summed E-state index contributed by atoms with van der Waals surface area (Å²) < 4.78 is 6.98. The fourth-order valence-corrected chi connectivity index (χ4v) is 5.02. The van der Waals surface area contributed by atoms with Crippen molar-refractivity contribution in [2.24, 2.45) is 0 Å². The summed E-state index contributed by atoms with van der Waals surface area (Å²) in [6.45, 7) is 0.649. The first-order chi connectivity index (χ1) is 11.6. The third-order valence-electron chi connectivity index (χ3n) is 3.68. The number of ether oxygens (including phenoxy) is 1. The maximum Gasteiger partial charge on any atom is 0.259 e. The summed E-state index contributed by atoms with van der Waals surface area (Å²) in [5, 5.41) is 9.17. The number of thioether (sulfide) groups is 1. The first-order valence-corrected chi connectivity index (χ1v) is 9.93. The molecule has 0 saturated heterocycles. The van der Waals surface area contributed by atoms with E-state index in [9.17, 15) is 10.1 Å². The van der Waals surface area contributed by atoms with E-state index < -0.39 is 0 Å². The van der Waals surface area contributed by atoms with E-state index in [-0.39, 0.29) is 5.91 Å². The van der Waals surface area contributed by atoms with Crippen LogP contribution in [0.1, 0.15) is 15.9 Å². The standard InChI is InChI=1S/C17H12BrIN2O2S/c1-23-16-10(9-20)2-4-12(15(16)19)17(22)21-6-7-24-14-8-11(18)3-5-13(14)21/h2-5,8H,6-7H2,1H3. The molecule has 0 aliphatic carbocycles. The molecule has 1 aliphatic heterocycles. The number of halogens is 2. The Hall–Kier alpha value is -1.24. The molecular weight excluding hydrogens is 503 g/mol. The van der Waals surface area contributed by atoms with Gasteiger partial charge in [-0.1, -0.05) is 15.9 Å². The molecule has 2 aromatic carbocycles. The highest BCUT2D eigenvalue weighted by Crippen LogP contribution is 2.38. The van der Waals surface area contributed by atoms with E-state index in [1.165, 1.54) is 7.11 Å². The van der Waals surface area contributed by atoms with Crippen molar-refractivity contribution in [1.82, 2.24) is 0 Å². The number of hydrogen-bond donors (Lipinski definition) is 0. The van der Waals surface area contributed by atoms with E-state index in [1.807, 2.05) is 18.2 Å². The van der Waals surface area contributed by atoms with Crippen molar-refractivity contribution in [2.75, 3.05) is 24.3 Å². The van der Waals surface area contributed by atoms with Gasteiger partial charge in [-0.15, -0.1) is 11.8 Å². The van der Waals surface area contributed by atoms with Gasteiger partial charge in [-0.25, -0.2) is 0 Å². The maximum absolute atomic E-state index is 13.1. The number of rotatable bonds is 2. The predicted octanol–water partition coefficient (Wildman–Crippen LogP) is 4.69. The lowest BCUT2D eigenvalue weighted by Gasteiger charge is -2.29.